The molecule has 18 heavy (non-hydrogen) atoms. The van der Waals surface area contributed by atoms with Crippen LogP contribution in [0, 0.1) is 17.8 Å². The van der Waals surface area contributed by atoms with Crippen LogP contribution in [0.3, 0.4) is 0 Å². The van der Waals surface area contributed by atoms with Crippen molar-refractivity contribution in [1.29, 1.82) is 0 Å². The van der Waals surface area contributed by atoms with E-state index in [2.05, 4.69) is 0 Å². The Kier molecular flexibility index (Phi) is 3.03. The summed E-state index contributed by atoms with van der Waals surface area (Å²) >= 11 is 12.0. The van der Waals surface area contributed by atoms with E-state index in [-0.39, 0.29) is 11.8 Å². The zero-order chi connectivity index (χ0) is 12.9. The molecule has 1 aromatic rings. The molecule has 0 spiro atoms. The summed E-state index contributed by atoms with van der Waals surface area (Å²) in [7, 11) is 0. The van der Waals surface area contributed by atoms with Gasteiger partial charge in [-0.15, -0.1) is 0 Å². The van der Waals surface area contributed by atoms with Gasteiger partial charge in [0.15, 0.2) is 0 Å². The highest BCUT2D eigenvalue weighted by atomic mass is 35.5. The second-order valence-electron chi connectivity index (χ2n) is 5.40. The third kappa shape index (κ3) is 1.83. The number of aliphatic carboxylic acids is 1. The molecule has 3 rings (SSSR count). The van der Waals surface area contributed by atoms with Crippen molar-refractivity contribution in [2.75, 3.05) is 0 Å². The molecule has 0 aliphatic heterocycles. The Morgan fingerprint density at radius 1 is 1.17 bits per heavy atom. The first-order valence-electron chi connectivity index (χ1n) is 6.25. The van der Waals surface area contributed by atoms with Crippen LogP contribution in [0.25, 0.3) is 0 Å². The second-order valence-corrected chi connectivity index (χ2v) is 6.21. The highest BCUT2D eigenvalue weighted by molar-refractivity contribution is 6.42. The zero-order valence-corrected chi connectivity index (χ0v) is 11.3. The lowest BCUT2D eigenvalue weighted by molar-refractivity contribution is -0.144. The molecule has 2 aliphatic carbocycles. The number of carbonyl (C=O) groups is 1. The second kappa shape index (κ2) is 4.43. The lowest BCUT2D eigenvalue weighted by atomic mass is 9.75. The van der Waals surface area contributed by atoms with Gasteiger partial charge in [-0.05, 0) is 48.8 Å². The van der Waals surface area contributed by atoms with E-state index < -0.39 is 5.97 Å². The molecule has 4 heteroatoms. The summed E-state index contributed by atoms with van der Waals surface area (Å²) in [5.74, 6) is 0.0237. The maximum absolute atomic E-state index is 11.5. The number of hydrogen-bond acceptors (Lipinski definition) is 1. The lowest BCUT2D eigenvalue weighted by Crippen LogP contribution is -2.27. The van der Waals surface area contributed by atoms with Crippen LogP contribution in [0.5, 0.6) is 0 Å². The summed E-state index contributed by atoms with van der Waals surface area (Å²) in [6.07, 6.45) is 3.24. The van der Waals surface area contributed by atoms with E-state index in [1.807, 2.05) is 12.1 Å². The number of carboxylic acids is 1. The average molecular weight is 285 g/mol. The van der Waals surface area contributed by atoms with Crippen LogP contribution < -0.4 is 0 Å². The standard InChI is InChI=1S/C14H14Cl2O2/c15-10-4-3-9(6-11(10)16)12-7-1-2-8(5-7)13(12)14(17)18/h3-4,6-8,12-13H,1-2,5H2,(H,17,18)/t7-,8+,12+,13-/m0/s1. The van der Waals surface area contributed by atoms with Gasteiger partial charge in [0.2, 0.25) is 0 Å². The molecule has 96 valence electrons. The molecule has 2 aliphatic rings. The van der Waals surface area contributed by atoms with E-state index in [0.29, 0.717) is 21.9 Å². The van der Waals surface area contributed by atoms with Crippen LogP contribution in [-0.4, -0.2) is 11.1 Å². The van der Waals surface area contributed by atoms with Crippen molar-refractivity contribution in [3.05, 3.63) is 33.8 Å². The smallest absolute Gasteiger partial charge is 0.307 e. The molecule has 0 amide bonds. The van der Waals surface area contributed by atoms with Gasteiger partial charge < -0.3 is 5.11 Å². The van der Waals surface area contributed by atoms with E-state index >= 15 is 0 Å². The van der Waals surface area contributed by atoms with Crippen molar-refractivity contribution in [2.24, 2.45) is 17.8 Å². The quantitative estimate of drug-likeness (QED) is 0.883. The Morgan fingerprint density at radius 2 is 1.89 bits per heavy atom. The van der Waals surface area contributed by atoms with Crippen LogP contribution in [0.15, 0.2) is 18.2 Å². The minimum absolute atomic E-state index is 0.107. The Labute approximate surface area is 116 Å². The van der Waals surface area contributed by atoms with E-state index in [0.717, 1.165) is 24.8 Å². The van der Waals surface area contributed by atoms with E-state index in [1.165, 1.54) is 0 Å². The molecule has 1 aromatic carbocycles. The lowest BCUT2D eigenvalue weighted by Gasteiger charge is -2.28. The molecule has 0 aromatic heterocycles. The first kappa shape index (κ1) is 12.3. The highest BCUT2D eigenvalue weighted by Gasteiger charge is 2.51. The predicted molar refractivity (Wildman–Crippen MR) is 71.2 cm³/mol. The number of benzene rings is 1. The van der Waals surface area contributed by atoms with Gasteiger partial charge in [0, 0.05) is 5.92 Å². The van der Waals surface area contributed by atoms with Crippen LogP contribution in [-0.2, 0) is 4.79 Å². The number of rotatable bonds is 2. The van der Waals surface area contributed by atoms with Crippen LogP contribution in [0.4, 0.5) is 0 Å². The van der Waals surface area contributed by atoms with Crippen molar-refractivity contribution in [3.8, 4) is 0 Å². The molecular formula is C14H14Cl2O2. The molecule has 2 nitrogen and oxygen atoms in total. The van der Waals surface area contributed by atoms with Gasteiger partial charge >= 0.3 is 5.97 Å². The molecule has 2 saturated carbocycles. The Morgan fingerprint density at radius 3 is 2.56 bits per heavy atom. The number of hydrogen-bond donors (Lipinski definition) is 1. The van der Waals surface area contributed by atoms with Gasteiger partial charge in [-0.1, -0.05) is 29.3 Å². The molecular weight excluding hydrogens is 271 g/mol. The Bertz CT molecular complexity index is 501. The molecule has 2 bridgehead atoms. The van der Waals surface area contributed by atoms with E-state index in [9.17, 15) is 9.90 Å². The van der Waals surface area contributed by atoms with Gasteiger partial charge in [-0.3, -0.25) is 4.79 Å². The zero-order valence-electron chi connectivity index (χ0n) is 9.77. The number of carboxylic acid groups (broad SMARTS) is 1. The fourth-order valence-corrected chi connectivity index (χ4v) is 4.15. The van der Waals surface area contributed by atoms with E-state index in [1.54, 1.807) is 6.07 Å². The average Bonchev–Trinajstić information content (AvgIpc) is 2.92. The minimum atomic E-state index is -0.668. The fraction of sp³-hybridized carbons (Fsp3) is 0.500. The molecule has 0 unspecified atom stereocenters. The van der Waals surface area contributed by atoms with Gasteiger partial charge in [-0.2, -0.15) is 0 Å². The van der Waals surface area contributed by atoms with Gasteiger partial charge in [0.1, 0.15) is 0 Å². The van der Waals surface area contributed by atoms with Crippen LogP contribution >= 0.6 is 23.2 Å². The highest BCUT2D eigenvalue weighted by Crippen LogP contribution is 2.57. The molecule has 0 saturated heterocycles. The maximum Gasteiger partial charge on any atom is 0.307 e. The third-order valence-electron chi connectivity index (χ3n) is 4.53. The first-order valence-corrected chi connectivity index (χ1v) is 7.01. The van der Waals surface area contributed by atoms with Crippen LogP contribution in [0.2, 0.25) is 10.0 Å². The van der Waals surface area contributed by atoms with Crippen molar-refractivity contribution < 1.29 is 9.90 Å². The Balaban J connectivity index is 1.99. The molecule has 1 N–H and O–H groups in total. The number of halogens is 2. The molecule has 0 heterocycles. The predicted octanol–water partition coefficient (Wildman–Crippen LogP) is 4.21. The fourth-order valence-electron chi connectivity index (χ4n) is 3.85. The maximum atomic E-state index is 11.5. The SMILES string of the molecule is O=C(O)[C@H]1[C@@H]2CC[C@@H](C2)[C@@H]1c1ccc(Cl)c(Cl)c1. The Hall–Kier alpha value is -0.730. The van der Waals surface area contributed by atoms with E-state index in [4.69, 9.17) is 23.2 Å². The van der Waals surface area contributed by atoms with Crippen molar-refractivity contribution in [3.63, 3.8) is 0 Å². The molecule has 2 fully saturated rings. The van der Waals surface area contributed by atoms with Gasteiger partial charge in [-0.25, -0.2) is 0 Å². The summed E-state index contributed by atoms with van der Waals surface area (Å²) in [6.45, 7) is 0. The van der Waals surface area contributed by atoms with Crippen LogP contribution in [0.1, 0.15) is 30.7 Å². The monoisotopic (exact) mass is 284 g/mol. The third-order valence-corrected chi connectivity index (χ3v) is 5.27. The van der Waals surface area contributed by atoms with Crippen molar-refractivity contribution >= 4 is 29.2 Å². The van der Waals surface area contributed by atoms with Crippen molar-refractivity contribution in [1.82, 2.24) is 0 Å². The largest absolute Gasteiger partial charge is 0.481 e. The summed E-state index contributed by atoms with van der Waals surface area (Å²) < 4.78 is 0. The number of fused-ring (bicyclic) bond motifs is 2. The van der Waals surface area contributed by atoms with Gasteiger partial charge in [0.05, 0.1) is 16.0 Å². The minimum Gasteiger partial charge on any atom is -0.481 e. The summed E-state index contributed by atoms with van der Waals surface area (Å²) in [6, 6.07) is 5.53. The first-order chi connectivity index (χ1) is 8.58. The molecule has 4 atom stereocenters. The summed E-state index contributed by atoms with van der Waals surface area (Å²) in [4.78, 5) is 11.5. The summed E-state index contributed by atoms with van der Waals surface area (Å²) in [5, 5.41) is 10.5. The topological polar surface area (TPSA) is 37.3 Å². The van der Waals surface area contributed by atoms with Gasteiger partial charge in [0.25, 0.3) is 0 Å². The summed E-state index contributed by atoms with van der Waals surface area (Å²) in [5.41, 5.74) is 1.03. The normalized spacial score (nSPS) is 33.9. The molecule has 0 radical (unpaired) electrons. The van der Waals surface area contributed by atoms with Crippen molar-refractivity contribution in [2.45, 2.75) is 25.2 Å².